The molecule has 3 rings (SSSR count). The van der Waals surface area contributed by atoms with Gasteiger partial charge < -0.3 is 14.4 Å². The zero-order valence-corrected chi connectivity index (χ0v) is 14.9. The Labute approximate surface area is 147 Å². The van der Waals surface area contributed by atoms with Gasteiger partial charge >= 0.3 is 6.09 Å². The molecule has 4 nitrogen and oxygen atoms in total. The molecule has 6 heteroatoms. The maximum atomic E-state index is 13.7. The Kier molecular flexibility index (Phi) is 5.00. The fourth-order valence-corrected chi connectivity index (χ4v) is 3.75. The SMILES string of the molecule is CC(C)(C)OC(=O)N1C2CCC1CC(OCc1c(F)cccc1F)C2. The van der Waals surface area contributed by atoms with Gasteiger partial charge in [-0.3, -0.25) is 0 Å². The highest BCUT2D eigenvalue weighted by Gasteiger charge is 2.45. The largest absolute Gasteiger partial charge is 0.444 e. The molecule has 2 heterocycles. The number of halogens is 2. The molecule has 2 bridgehead atoms. The second-order valence-electron chi connectivity index (χ2n) is 7.88. The average molecular weight is 353 g/mol. The van der Waals surface area contributed by atoms with Gasteiger partial charge in [-0.25, -0.2) is 13.6 Å². The Bertz CT molecular complexity index is 610. The van der Waals surface area contributed by atoms with Crippen molar-refractivity contribution in [1.82, 2.24) is 4.90 Å². The first-order chi connectivity index (χ1) is 11.7. The third-order valence-corrected chi connectivity index (χ3v) is 4.82. The molecule has 138 valence electrons. The number of hydrogen-bond donors (Lipinski definition) is 0. The van der Waals surface area contributed by atoms with Crippen molar-refractivity contribution < 1.29 is 23.0 Å². The van der Waals surface area contributed by atoms with Crippen molar-refractivity contribution in [2.45, 2.75) is 76.9 Å². The Morgan fingerprint density at radius 1 is 1.16 bits per heavy atom. The zero-order valence-electron chi connectivity index (χ0n) is 14.9. The summed E-state index contributed by atoms with van der Waals surface area (Å²) in [6.45, 7) is 5.47. The molecule has 2 fully saturated rings. The summed E-state index contributed by atoms with van der Waals surface area (Å²) in [5.74, 6) is -1.18. The summed E-state index contributed by atoms with van der Waals surface area (Å²) in [4.78, 5) is 14.2. The lowest BCUT2D eigenvalue weighted by Gasteiger charge is -2.39. The van der Waals surface area contributed by atoms with E-state index in [4.69, 9.17) is 9.47 Å². The maximum Gasteiger partial charge on any atom is 0.410 e. The van der Waals surface area contributed by atoms with Gasteiger partial charge in [0.25, 0.3) is 0 Å². The van der Waals surface area contributed by atoms with Crippen molar-refractivity contribution in [1.29, 1.82) is 0 Å². The number of benzene rings is 1. The monoisotopic (exact) mass is 353 g/mol. The lowest BCUT2D eigenvalue weighted by Crippen LogP contribution is -2.50. The van der Waals surface area contributed by atoms with Crippen molar-refractivity contribution in [2.24, 2.45) is 0 Å². The second kappa shape index (κ2) is 6.90. The molecular weight excluding hydrogens is 328 g/mol. The quantitative estimate of drug-likeness (QED) is 0.808. The summed E-state index contributed by atoms with van der Waals surface area (Å²) >= 11 is 0. The predicted molar refractivity (Wildman–Crippen MR) is 89.1 cm³/mol. The number of carbonyl (C=O) groups excluding carboxylic acids is 1. The predicted octanol–water partition coefficient (Wildman–Crippen LogP) is 4.41. The number of hydrogen-bond acceptors (Lipinski definition) is 3. The van der Waals surface area contributed by atoms with Crippen LogP contribution in [0, 0.1) is 11.6 Å². The summed E-state index contributed by atoms with van der Waals surface area (Å²) in [7, 11) is 0. The third-order valence-electron chi connectivity index (χ3n) is 4.82. The maximum absolute atomic E-state index is 13.7. The van der Waals surface area contributed by atoms with Crippen LogP contribution in [0.25, 0.3) is 0 Å². The molecule has 25 heavy (non-hydrogen) atoms. The minimum absolute atomic E-state index is 0.0376. The van der Waals surface area contributed by atoms with E-state index in [-0.39, 0.29) is 36.5 Å². The molecule has 0 radical (unpaired) electrons. The molecule has 0 saturated carbocycles. The zero-order chi connectivity index (χ0) is 18.2. The van der Waals surface area contributed by atoms with E-state index in [1.807, 2.05) is 25.7 Å². The van der Waals surface area contributed by atoms with Crippen LogP contribution in [0.5, 0.6) is 0 Å². The van der Waals surface area contributed by atoms with Crippen LogP contribution in [0.15, 0.2) is 18.2 Å². The Morgan fingerprint density at radius 3 is 2.24 bits per heavy atom. The van der Waals surface area contributed by atoms with Crippen LogP contribution in [0.3, 0.4) is 0 Å². The number of ether oxygens (including phenoxy) is 2. The van der Waals surface area contributed by atoms with E-state index in [2.05, 4.69) is 0 Å². The first-order valence-electron chi connectivity index (χ1n) is 8.80. The van der Waals surface area contributed by atoms with Crippen LogP contribution in [-0.4, -0.2) is 34.8 Å². The summed E-state index contributed by atoms with van der Waals surface area (Å²) in [5.41, 5.74) is -0.559. The Balaban J connectivity index is 1.59. The van der Waals surface area contributed by atoms with Crippen molar-refractivity contribution in [3.8, 4) is 0 Å². The average Bonchev–Trinajstić information content (AvgIpc) is 2.76. The van der Waals surface area contributed by atoms with E-state index in [0.29, 0.717) is 12.8 Å². The number of piperidine rings is 1. The van der Waals surface area contributed by atoms with E-state index in [0.717, 1.165) is 12.8 Å². The van der Waals surface area contributed by atoms with Crippen molar-refractivity contribution in [3.63, 3.8) is 0 Å². The van der Waals surface area contributed by atoms with Crippen molar-refractivity contribution in [3.05, 3.63) is 35.4 Å². The van der Waals surface area contributed by atoms with Crippen LogP contribution in [0.2, 0.25) is 0 Å². The molecule has 1 amide bonds. The standard InChI is InChI=1S/C19H25F2NO3/c1-19(2,3)25-18(23)22-12-7-8-13(22)10-14(9-12)24-11-15-16(20)5-4-6-17(15)21/h4-6,12-14H,7-11H2,1-3H3. The van der Waals surface area contributed by atoms with Crippen LogP contribution in [-0.2, 0) is 16.1 Å². The molecule has 1 aromatic rings. The summed E-state index contributed by atoms with van der Waals surface area (Å²) in [5, 5.41) is 0. The van der Waals surface area contributed by atoms with Gasteiger partial charge in [0.1, 0.15) is 17.2 Å². The Morgan fingerprint density at radius 2 is 1.72 bits per heavy atom. The summed E-state index contributed by atoms with van der Waals surface area (Å²) < 4.78 is 38.7. The minimum Gasteiger partial charge on any atom is -0.444 e. The molecule has 0 N–H and O–H groups in total. The number of carbonyl (C=O) groups is 1. The van der Waals surface area contributed by atoms with E-state index >= 15 is 0 Å². The highest BCUT2D eigenvalue weighted by Crippen LogP contribution is 2.38. The van der Waals surface area contributed by atoms with Crippen molar-refractivity contribution in [2.75, 3.05) is 0 Å². The van der Waals surface area contributed by atoms with Gasteiger partial charge in [-0.2, -0.15) is 0 Å². The fraction of sp³-hybridized carbons (Fsp3) is 0.632. The van der Waals surface area contributed by atoms with E-state index in [1.165, 1.54) is 18.2 Å². The molecule has 2 atom stereocenters. The van der Waals surface area contributed by atoms with E-state index in [1.54, 1.807) is 0 Å². The van der Waals surface area contributed by atoms with Crippen LogP contribution in [0.1, 0.15) is 52.0 Å². The van der Waals surface area contributed by atoms with Gasteiger partial charge in [0.05, 0.1) is 12.7 Å². The van der Waals surface area contributed by atoms with Gasteiger partial charge in [0.15, 0.2) is 0 Å². The molecule has 0 aliphatic carbocycles. The smallest absolute Gasteiger partial charge is 0.410 e. The number of fused-ring (bicyclic) bond motifs is 2. The first kappa shape index (κ1) is 18.1. The van der Waals surface area contributed by atoms with Gasteiger partial charge in [0, 0.05) is 17.6 Å². The minimum atomic E-state index is -0.589. The topological polar surface area (TPSA) is 38.8 Å². The molecule has 0 spiro atoms. The molecule has 2 saturated heterocycles. The molecule has 0 aromatic heterocycles. The normalized spacial score (nSPS) is 26.0. The number of nitrogens with zero attached hydrogens (tertiary/aromatic N) is 1. The van der Waals surface area contributed by atoms with Gasteiger partial charge in [-0.15, -0.1) is 0 Å². The van der Waals surface area contributed by atoms with Gasteiger partial charge in [-0.1, -0.05) is 6.07 Å². The highest BCUT2D eigenvalue weighted by molar-refractivity contribution is 5.69. The van der Waals surface area contributed by atoms with Gasteiger partial charge in [-0.05, 0) is 58.6 Å². The van der Waals surface area contributed by atoms with Crippen molar-refractivity contribution >= 4 is 6.09 Å². The molecule has 2 unspecified atom stereocenters. The van der Waals surface area contributed by atoms with Crippen LogP contribution in [0.4, 0.5) is 13.6 Å². The van der Waals surface area contributed by atoms with E-state index in [9.17, 15) is 13.6 Å². The molecule has 2 aliphatic heterocycles. The third kappa shape index (κ3) is 4.11. The lowest BCUT2D eigenvalue weighted by molar-refractivity contribution is -0.0406. The Hall–Kier alpha value is -1.69. The molecular formula is C19H25F2NO3. The van der Waals surface area contributed by atoms with Gasteiger partial charge in [0.2, 0.25) is 0 Å². The second-order valence-corrected chi connectivity index (χ2v) is 7.88. The molecule has 2 aliphatic rings. The summed E-state index contributed by atoms with van der Waals surface area (Å²) in [6.07, 6.45) is 2.79. The number of rotatable bonds is 3. The molecule has 1 aromatic carbocycles. The van der Waals surface area contributed by atoms with Crippen LogP contribution >= 0.6 is 0 Å². The first-order valence-corrected chi connectivity index (χ1v) is 8.80. The summed E-state index contributed by atoms with van der Waals surface area (Å²) in [6, 6.07) is 3.95. The number of amides is 1. The highest BCUT2D eigenvalue weighted by atomic mass is 19.1. The van der Waals surface area contributed by atoms with Crippen LogP contribution < -0.4 is 0 Å². The fourth-order valence-electron chi connectivity index (χ4n) is 3.75. The lowest BCUT2D eigenvalue weighted by atomic mass is 10.00. The van der Waals surface area contributed by atoms with E-state index < -0.39 is 17.2 Å².